The minimum absolute atomic E-state index is 0.0250. The zero-order chi connectivity index (χ0) is 17.8. The van der Waals surface area contributed by atoms with E-state index in [0.717, 1.165) is 24.2 Å². The molecule has 25 heavy (non-hydrogen) atoms. The molecule has 1 aliphatic carbocycles. The van der Waals surface area contributed by atoms with Crippen molar-refractivity contribution >= 4 is 11.7 Å². The first-order valence-corrected chi connectivity index (χ1v) is 8.52. The van der Waals surface area contributed by atoms with Crippen LogP contribution in [0.1, 0.15) is 31.4 Å². The SMILES string of the molecule is CCn1cc(NC(=O)NC(c2ccc(OC)cc2)C2CC2)ccc1=O. The van der Waals surface area contributed by atoms with E-state index in [1.807, 2.05) is 31.2 Å². The van der Waals surface area contributed by atoms with Crippen molar-refractivity contribution in [1.82, 2.24) is 9.88 Å². The van der Waals surface area contributed by atoms with E-state index in [0.29, 0.717) is 18.2 Å². The number of urea groups is 1. The maximum Gasteiger partial charge on any atom is 0.319 e. The van der Waals surface area contributed by atoms with Gasteiger partial charge in [0, 0.05) is 18.8 Å². The highest BCUT2D eigenvalue weighted by molar-refractivity contribution is 5.89. The topological polar surface area (TPSA) is 72.4 Å². The van der Waals surface area contributed by atoms with Crippen LogP contribution in [0.25, 0.3) is 0 Å². The van der Waals surface area contributed by atoms with Gasteiger partial charge in [-0.1, -0.05) is 12.1 Å². The van der Waals surface area contributed by atoms with E-state index in [4.69, 9.17) is 4.74 Å². The Kier molecular flexibility index (Phi) is 5.07. The summed E-state index contributed by atoms with van der Waals surface area (Å²) in [5.74, 6) is 1.26. The molecule has 3 rings (SSSR count). The van der Waals surface area contributed by atoms with Crippen LogP contribution in [0.15, 0.2) is 47.4 Å². The molecule has 1 aromatic heterocycles. The van der Waals surface area contributed by atoms with E-state index in [-0.39, 0.29) is 17.6 Å². The highest BCUT2D eigenvalue weighted by Crippen LogP contribution is 2.41. The molecule has 0 saturated heterocycles. The molecule has 6 nitrogen and oxygen atoms in total. The van der Waals surface area contributed by atoms with Gasteiger partial charge < -0.3 is 19.9 Å². The Morgan fingerprint density at radius 3 is 2.56 bits per heavy atom. The number of nitrogens with one attached hydrogen (secondary N) is 2. The Bertz CT molecular complexity index is 794. The number of pyridine rings is 1. The smallest absolute Gasteiger partial charge is 0.319 e. The summed E-state index contributed by atoms with van der Waals surface area (Å²) >= 11 is 0. The number of methoxy groups -OCH3 is 1. The number of rotatable bonds is 6. The Morgan fingerprint density at radius 1 is 1.24 bits per heavy atom. The number of anilines is 1. The number of carbonyl (C=O) groups excluding carboxylic acids is 1. The second-order valence-corrected chi connectivity index (χ2v) is 6.23. The van der Waals surface area contributed by atoms with Crippen molar-refractivity contribution in [3.8, 4) is 5.75 Å². The van der Waals surface area contributed by atoms with Gasteiger partial charge in [0.1, 0.15) is 5.75 Å². The number of carbonyl (C=O) groups is 1. The number of ether oxygens (including phenoxy) is 1. The summed E-state index contributed by atoms with van der Waals surface area (Å²) in [6, 6.07) is 10.6. The second-order valence-electron chi connectivity index (χ2n) is 6.23. The Morgan fingerprint density at radius 2 is 1.96 bits per heavy atom. The van der Waals surface area contributed by atoms with Crippen molar-refractivity contribution in [3.63, 3.8) is 0 Å². The number of amides is 2. The van der Waals surface area contributed by atoms with Gasteiger partial charge in [0.05, 0.1) is 18.8 Å². The minimum atomic E-state index is -0.269. The first kappa shape index (κ1) is 17.1. The fourth-order valence-corrected chi connectivity index (χ4v) is 2.87. The van der Waals surface area contributed by atoms with Gasteiger partial charge in [0.25, 0.3) is 5.56 Å². The summed E-state index contributed by atoms with van der Waals surface area (Å²) in [6.45, 7) is 2.45. The van der Waals surface area contributed by atoms with Crippen LogP contribution < -0.4 is 20.9 Å². The Labute approximate surface area is 146 Å². The normalized spacial score (nSPS) is 14.6. The zero-order valence-electron chi connectivity index (χ0n) is 14.5. The lowest BCUT2D eigenvalue weighted by molar-refractivity contribution is 0.247. The highest BCUT2D eigenvalue weighted by atomic mass is 16.5. The average Bonchev–Trinajstić information content (AvgIpc) is 3.46. The molecule has 1 heterocycles. The fourth-order valence-electron chi connectivity index (χ4n) is 2.87. The quantitative estimate of drug-likeness (QED) is 0.848. The number of aryl methyl sites for hydroxylation is 1. The van der Waals surface area contributed by atoms with Gasteiger partial charge in [-0.05, 0) is 49.4 Å². The van der Waals surface area contributed by atoms with Crippen molar-refractivity contribution < 1.29 is 9.53 Å². The van der Waals surface area contributed by atoms with Crippen molar-refractivity contribution in [1.29, 1.82) is 0 Å². The van der Waals surface area contributed by atoms with Gasteiger partial charge in [0.2, 0.25) is 0 Å². The molecule has 0 spiro atoms. The number of aromatic nitrogens is 1. The molecular weight excluding hydrogens is 318 g/mol. The summed E-state index contributed by atoms with van der Waals surface area (Å²) in [4.78, 5) is 24.0. The molecule has 6 heteroatoms. The number of hydrogen-bond acceptors (Lipinski definition) is 3. The number of nitrogens with zero attached hydrogens (tertiary/aromatic N) is 1. The Hall–Kier alpha value is -2.76. The molecule has 2 amide bonds. The maximum atomic E-state index is 12.4. The molecule has 1 fully saturated rings. The molecule has 1 aromatic carbocycles. The van der Waals surface area contributed by atoms with E-state index in [1.165, 1.54) is 6.07 Å². The molecule has 0 aliphatic heterocycles. The lowest BCUT2D eigenvalue weighted by atomic mass is 10.0. The van der Waals surface area contributed by atoms with E-state index < -0.39 is 0 Å². The van der Waals surface area contributed by atoms with Crippen LogP contribution in [0.4, 0.5) is 10.5 Å². The summed E-state index contributed by atoms with van der Waals surface area (Å²) in [5.41, 5.74) is 1.59. The van der Waals surface area contributed by atoms with Crippen molar-refractivity contribution in [3.05, 3.63) is 58.5 Å². The molecular formula is C19H23N3O3. The average molecular weight is 341 g/mol. The van der Waals surface area contributed by atoms with Crippen molar-refractivity contribution in [2.45, 2.75) is 32.4 Å². The van der Waals surface area contributed by atoms with Gasteiger partial charge in [-0.25, -0.2) is 4.79 Å². The predicted octanol–water partition coefficient (Wildman–Crippen LogP) is 3.15. The standard InChI is InChI=1S/C19H23N3O3/c1-3-22-12-15(8-11-17(22)23)20-19(24)21-18(13-4-5-13)14-6-9-16(25-2)10-7-14/h6-13,18H,3-5H2,1-2H3,(H2,20,21,24). The zero-order valence-corrected chi connectivity index (χ0v) is 14.5. The first-order valence-electron chi connectivity index (χ1n) is 8.52. The third kappa shape index (κ3) is 4.21. The fraction of sp³-hybridized carbons (Fsp3) is 0.368. The van der Waals surface area contributed by atoms with Gasteiger partial charge in [-0.2, -0.15) is 0 Å². The van der Waals surface area contributed by atoms with Crippen LogP contribution in [0.2, 0.25) is 0 Å². The van der Waals surface area contributed by atoms with Crippen LogP contribution in [-0.2, 0) is 6.54 Å². The molecule has 1 atom stereocenters. The van der Waals surface area contributed by atoms with E-state index >= 15 is 0 Å². The molecule has 1 aliphatic rings. The van der Waals surface area contributed by atoms with E-state index in [2.05, 4.69) is 10.6 Å². The van der Waals surface area contributed by atoms with Crippen LogP contribution in [-0.4, -0.2) is 17.7 Å². The summed E-state index contributed by atoms with van der Waals surface area (Å²) in [7, 11) is 1.63. The molecule has 0 radical (unpaired) electrons. The monoisotopic (exact) mass is 341 g/mol. The van der Waals surface area contributed by atoms with Gasteiger partial charge in [-0.3, -0.25) is 4.79 Å². The third-order valence-corrected chi connectivity index (χ3v) is 4.44. The van der Waals surface area contributed by atoms with Gasteiger partial charge in [-0.15, -0.1) is 0 Å². The third-order valence-electron chi connectivity index (χ3n) is 4.44. The predicted molar refractivity (Wildman–Crippen MR) is 97.0 cm³/mol. The minimum Gasteiger partial charge on any atom is -0.497 e. The highest BCUT2D eigenvalue weighted by Gasteiger charge is 2.33. The summed E-state index contributed by atoms with van der Waals surface area (Å²) in [6.07, 6.45) is 3.87. The molecule has 2 N–H and O–H groups in total. The maximum absolute atomic E-state index is 12.4. The summed E-state index contributed by atoms with van der Waals surface area (Å²) in [5, 5.41) is 5.87. The number of hydrogen-bond donors (Lipinski definition) is 2. The van der Waals surface area contributed by atoms with Crippen LogP contribution in [0.3, 0.4) is 0 Å². The van der Waals surface area contributed by atoms with Crippen molar-refractivity contribution in [2.24, 2.45) is 5.92 Å². The molecule has 2 aromatic rings. The molecule has 132 valence electrons. The van der Waals surface area contributed by atoms with Crippen LogP contribution >= 0.6 is 0 Å². The Balaban J connectivity index is 1.69. The number of benzene rings is 1. The molecule has 0 bridgehead atoms. The van der Waals surface area contributed by atoms with Crippen molar-refractivity contribution in [2.75, 3.05) is 12.4 Å². The van der Waals surface area contributed by atoms with Crippen LogP contribution in [0, 0.1) is 5.92 Å². The van der Waals surface area contributed by atoms with E-state index in [1.54, 1.807) is 23.9 Å². The second kappa shape index (κ2) is 7.42. The van der Waals surface area contributed by atoms with Gasteiger partial charge >= 0.3 is 6.03 Å². The lowest BCUT2D eigenvalue weighted by Gasteiger charge is -2.19. The molecule has 1 saturated carbocycles. The first-order chi connectivity index (χ1) is 12.1. The summed E-state index contributed by atoms with van der Waals surface area (Å²) < 4.78 is 6.74. The largest absolute Gasteiger partial charge is 0.497 e. The van der Waals surface area contributed by atoms with Crippen LogP contribution in [0.5, 0.6) is 5.75 Å². The van der Waals surface area contributed by atoms with E-state index in [9.17, 15) is 9.59 Å². The lowest BCUT2D eigenvalue weighted by Crippen LogP contribution is -2.34. The molecule has 1 unspecified atom stereocenters. The van der Waals surface area contributed by atoms with Gasteiger partial charge in [0.15, 0.2) is 0 Å².